The van der Waals surface area contributed by atoms with E-state index in [-0.39, 0.29) is 17.5 Å². The fourth-order valence-corrected chi connectivity index (χ4v) is 2.82. The second kappa shape index (κ2) is 8.22. The summed E-state index contributed by atoms with van der Waals surface area (Å²) in [5, 5.41) is 5.22. The summed E-state index contributed by atoms with van der Waals surface area (Å²) in [5.74, 6) is -0.525. The number of carbonyl (C=O) groups is 2. The van der Waals surface area contributed by atoms with Crippen LogP contribution in [-0.4, -0.2) is 42.4 Å². The first-order chi connectivity index (χ1) is 14.9. The number of benzene rings is 1. The van der Waals surface area contributed by atoms with E-state index in [1.165, 1.54) is 36.8 Å². The van der Waals surface area contributed by atoms with E-state index in [0.29, 0.717) is 22.8 Å². The maximum absolute atomic E-state index is 14.5. The number of fused-ring (bicyclic) bond motifs is 1. The van der Waals surface area contributed by atoms with Gasteiger partial charge in [-0.1, -0.05) is 0 Å². The summed E-state index contributed by atoms with van der Waals surface area (Å²) < 4.78 is 21.1. The number of aromatic nitrogens is 5. The van der Waals surface area contributed by atoms with Gasteiger partial charge >= 0.3 is 6.09 Å². The molecule has 0 aliphatic heterocycles. The van der Waals surface area contributed by atoms with Crippen LogP contribution in [0.4, 0.5) is 20.6 Å². The van der Waals surface area contributed by atoms with Gasteiger partial charge in [-0.15, -0.1) is 0 Å². The van der Waals surface area contributed by atoms with Crippen molar-refractivity contribution in [3.8, 4) is 11.3 Å². The van der Waals surface area contributed by atoms with Crippen molar-refractivity contribution in [3.05, 3.63) is 60.8 Å². The van der Waals surface area contributed by atoms with E-state index in [0.717, 1.165) is 0 Å². The topological polar surface area (TPSA) is 126 Å². The molecule has 2 amide bonds. The molecule has 4 aromatic rings. The van der Waals surface area contributed by atoms with Gasteiger partial charge in [0.25, 0.3) is 5.91 Å². The molecule has 0 radical (unpaired) electrons. The van der Waals surface area contributed by atoms with Gasteiger partial charge < -0.3 is 15.0 Å². The standard InChI is InChI=1S/C20H18FN7O3/c1-11(2)31-20(30)26-13-8-24-19-27-16(10-28(19)9-13)14-7-12(3-4-15(14)21)25-18(29)17-22-5-6-23-17/h3-11H,1-2H3,(H,22,23)(H,25,29)(H,26,30). The van der Waals surface area contributed by atoms with Crippen molar-refractivity contribution in [1.82, 2.24) is 24.3 Å². The maximum Gasteiger partial charge on any atom is 0.411 e. The van der Waals surface area contributed by atoms with Crippen LogP contribution in [-0.2, 0) is 4.74 Å². The summed E-state index contributed by atoms with van der Waals surface area (Å²) in [7, 11) is 0. The molecule has 0 saturated heterocycles. The number of amides is 2. The minimum absolute atomic E-state index is 0.138. The monoisotopic (exact) mass is 423 g/mol. The number of anilines is 2. The van der Waals surface area contributed by atoms with Crippen molar-refractivity contribution >= 4 is 29.2 Å². The van der Waals surface area contributed by atoms with Crippen molar-refractivity contribution in [2.75, 3.05) is 10.6 Å². The van der Waals surface area contributed by atoms with Crippen molar-refractivity contribution in [2.24, 2.45) is 0 Å². The van der Waals surface area contributed by atoms with Crippen LogP contribution in [0.3, 0.4) is 0 Å². The first-order valence-electron chi connectivity index (χ1n) is 9.32. The normalized spacial score (nSPS) is 11.0. The lowest BCUT2D eigenvalue weighted by atomic mass is 10.1. The van der Waals surface area contributed by atoms with Gasteiger partial charge in [-0.05, 0) is 32.0 Å². The second-order valence-electron chi connectivity index (χ2n) is 6.84. The molecule has 31 heavy (non-hydrogen) atoms. The Kier molecular flexibility index (Phi) is 5.31. The molecule has 0 spiro atoms. The molecule has 10 nitrogen and oxygen atoms in total. The molecule has 0 bridgehead atoms. The summed E-state index contributed by atoms with van der Waals surface area (Å²) in [6.45, 7) is 3.48. The number of rotatable bonds is 5. The van der Waals surface area contributed by atoms with Crippen LogP contribution in [0.1, 0.15) is 24.5 Å². The molecule has 158 valence electrons. The highest BCUT2D eigenvalue weighted by atomic mass is 19.1. The second-order valence-corrected chi connectivity index (χ2v) is 6.84. The third-order valence-electron chi connectivity index (χ3n) is 4.11. The summed E-state index contributed by atoms with van der Waals surface area (Å²) in [4.78, 5) is 39.0. The zero-order valence-corrected chi connectivity index (χ0v) is 16.6. The van der Waals surface area contributed by atoms with E-state index in [1.54, 1.807) is 30.6 Å². The van der Waals surface area contributed by atoms with Gasteiger partial charge in [0.1, 0.15) is 5.82 Å². The number of imidazole rings is 2. The van der Waals surface area contributed by atoms with Gasteiger partial charge in [-0.3, -0.25) is 14.5 Å². The first-order valence-corrected chi connectivity index (χ1v) is 9.32. The smallest absolute Gasteiger partial charge is 0.411 e. The molecule has 1 aromatic carbocycles. The van der Waals surface area contributed by atoms with Gasteiger partial charge in [0.2, 0.25) is 5.78 Å². The van der Waals surface area contributed by atoms with Crippen molar-refractivity contribution in [1.29, 1.82) is 0 Å². The lowest BCUT2D eigenvalue weighted by molar-refractivity contribution is 0.101. The molecule has 3 heterocycles. The number of hydrogen-bond acceptors (Lipinski definition) is 6. The molecule has 4 rings (SSSR count). The Morgan fingerprint density at radius 2 is 2.00 bits per heavy atom. The predicted octanol–water partition coefficient (Wildman–Crippen LogP) is 3.47. The lowest BCUT2D eigenvalue weighted by Gasteiger charge is -2.09. The highest BCUT2D eigenvalue weighted by molar-refractivity contribution is 6.01. The number of nitrogens with zero attached hydrogens (tertiary/aromatic N) is 4. The molecular weight excluding hydrogens is 405 g/mol. The molecule has 0 aliphatic rings. The average molecular weight is 423 g/mol. The highest BCUT2D eigenvalue weighted by Crippen LogP contribution is 2.26. The molecule has 3 aromatic heterocycles. The minimum Gasteiger partial charge on any atom is -0.447 e. The molecule has 0 unspecified atom stereocenters. The van der Waals surface area contributed by atoms with Crippen LogP contribution in [0.5, 0.6) is 0 Å². The van der Waals surface area contributed by atoms with E-state index >= 15 is 0 Å². The Labute approximate surface area is 175 Å². The van der Waals surface area contributed by atoms with Crippen LogP contribution in [0.25, 0.3) is 17.0 Å². The van der Waals surface area contributed by atoms with Crippen molar-refractivity contribution in [3.63, 3.8) is 0 Å². The third-order valence-corrected chi connectivity index (χ3v) is 4.11. The van der Waals surface area contributed by atoms with E-state index in [2.05, 4.69) is 30.6 Å². The molecule has 0 saturated carbocycles. The molecule has 0 fully saturated rings. The third kappa shape index (κ3) is 4.50. The highest BCUT2D eigenvalue weighted by Gasteiger charge is 2.14. The maximum atomic E-state index is 14.5. The number of ether oxygens (including phenoxy) is 1. The Morgan fingerprint density at radius 3 is 2.74 bits per heavy atom. The largest absolute Gasteiger partial charge is 0.447 e. The minimum atomic E-state index is -0.609. The van der Waals surface area contributed by atoms with Crippen LogP contribution in [0.2, 0.25) is 0 Å². The van der Waals surface area contributed by atoms with E-state index in [9.17, 15) is 14.0 Å². The quantitative estimate of drug-likeness (QED) is 0.451. The summed E-state index contributed by atoms with van der Waals surface area (Å²) in [6.07, 6.45) is 6.69. The molecule has 11 heteroatoms. The van der Waals surface area contributed by atoms with Gasteiger partial charge in [-0.25, -0.2) is 24.1 Å². The van der Waals surface area contributed by atoms with E-state index in [1.807, 2.05) is 0 Å². The zero-order chi connectivity index (χ0) is 22.0. The van der Waals surface area contributed by atoms with E-state index in [4.69, 9.17) is 4.74 Å². The van der Waals surface area contributed by atoms with Crippen molar-refractivity contribution < 1.29 is 18.7 Å². The first kappa shape index (κ1) is 20.0. The molecule has 3 N–H and O–H groups in total. The Bertz CT molecular complexity index is 1250. The average Bonchev–Trinajstić information content (AvgIpc) is 3.38. The number of halogens is 1. The number of nitrogens with one attached hydrogen (secondary N) is 3. The lowest BCUT2D eigenvalue weighted by Crippen LogP contribution is -2.18. The summed E-state index contributed by atoms with van der Waals surface area (Å²) in [6, 6.07) is 4.15. The van der Waals surface area contributed by atoms with Crippen LogP contribution in [0.15, 0.2) is 49.2 Å². The Morgan fingerprint density at radius 1 is 1.16 bits per heavy atom. The number of aromatic amines is 1. The SMILES string of the molecule is CC(C)OC(=O)Nc1cnc2nc(-c3cc(NC(=O)c4ncc[nH]4)ccc3F)cn2c1. The Hall–Kier alpha value is -4.28. The van der Waals surface area contributed by atoms with Crippen LogP contribution in [0, 0.1) is 5.82 Å². The van der Waals surface area contributed by atoms with Crippen LogP contribution >= 0.6 is 0 Å². The molecule has 0 atom stereocenters. The van der Waals surface area contributed by atoms with E-state index < -0.39 is 17.8 Å². The fraction of sp³-hybridized carbons (Fsp3) is 0.150. The fourth-order valence-electron chi connectivity index (χ4n) is 2.82. The number of carbonyl (C=O) groups excluding carboxylic acids is 2. The zero-order valence-electron chi connectivity index (χ0n) is 16.6. The van der Waals surface area contributed by atoms with Gasteiger partial charge in [0.15, 0.2) is 5.82 Å². The number of hydrogen-bond donors (Lipinski definition) is 3. The van der Waals surface area contributed by atoms with Crippen LogP contribution < -0.4 is 10.6 Å². The van der Waals surface area contributed by atoms with Crippen molar-refractivity contribution in [2.45, 2.75) is 20.0 Å². The summed E-state index contributed by atoms with van der Waals surface area (Å²) >= 11 is 0. The van der Waals surface area contributed by atoms with Gasteiger partial charge in [0, 0.05) is 36.0 Å². The number of H-pyrrole nitrogens is 1. The Balaban J connectivity index is 1.59. The summed E-state index contributed by atoms with van der Waals surface area (Å²) in [5.41, 5.74) is 1.25. The molecule has 0 aliphatic carbocycles. The molecular formula is C20H18FN7O3. The predicted molar refractivity (Wildman–Crippen MR) is 110 cm³/mol. The van der Waals surface area contributed by atoms with Gasteiger partial charge in [0.05, 0.1) is 23.7 Å². The van der Waals surface area contributed by atoms with Gasteiger partial charge in [-0.2, -0.15) is 0 Å².